The van der Waals surface area contributed by atoms with Crippen LogP contribution in [0.1, 0.15) is 36.3 Å². The standard InChI is InChI=1S/C23H23Cl2NO3/c1-6-28-22-14(4)23-18(13(3)15(5)29-23)11-17(22)12(2)9-21(27)26-16-7-8-19(24)20(25)10-16/h7-11H,6H2,1-5H3,(H,26,27)/b12-9+. The van der Waals surface area contributed by atoms with Crippen LogP contribution in [0.5, 0.6) is 5.75 Å². The van der Waals surface area contributed by atoms with Crippen molar-refractivity contribution in [3.63, 3.8) is 0 Å². The number of anilines is 1. The highest BCUT2D eigenvalue weighted by atomic mass is 35.5. The highest BCUT2D eigenvalue weighted by molar-refractivity contribution is 6.42. The molecule has 0 saturated heterocycles. The van der Waals surface area contributed by atoms with Crippen molar-refractivity contribution in [1.29, 1.82) is 0 Å². The molecule has 1 aromatic heterocycles. The van der Waals surface area contributed by atoms with E-state index in [0.29, 0.717) is 22.3 Å². The minimum Gasteiger partial charge on any atom is -0.493 e. The summed E-state index contributed by atoms with van der Waals surface area (Å²) >= 11 is 11.9. The molecule has 1 amide bonds. The number of furan rings is 1. The SMILES string of the molecule is CCOc1c(/C(C)=C/C(=O)Nc2ccc(Cl)c(Cl)c2)cc2c(C)c(C)oc2c1C. The van der Waals surface area contributed by atoms with Gasteiger partial charge in [0.2, 0.25) is 5.91 Å². The number of carbonyl (C=O) groups is 1. The number of halogens is 2. The van der Waals surface area contributed by atoms with E-state index in [4.69, 9.17) is 32.4 Å². The molecule has 3 rings (SSSR count). The molecular weight excluding hydrogens is 409 g/mol. The summed E-state index contributed by atoms with van der Waals surface area (Å²) in [7, 11) is 0. The summed E-state index contributed by atoms with van der Waals surface area (Å²) in [5.41, 5.74) is 5.06. The highest BCUT2D eigenvalue weighted by Gasteiger charge is 2.19. The van der Waals surface area contributed by atoms with Crippen LogP contribution in [-0.4, -0.2) is 12.5 Å². The molecule has 2 aromatic carbocycles. The molecule has 3 aromatic rings. The summed E-state index contributed by atoms with van der Waals surface area (Å²) in [6.45, 7) is 10.3. The fourth-order valence-corrected chi connectivity index (χ4v) is 3.56. The maximum Gasteiger partial charge on any atom is 0.248 e. The maximum atomic E-state index is 12.6. The molecule has 0 radical (unpaired) electrons. The third kappa shape index (κ3) is 4.29. The molecule has 1 N–H and O–H groups in total. The molecule has 0 unspecified atom stereocenters. The third-order valence-corrected chi connectivity index (χ3v) is 5.63. The first kappa shape index (κ1) is 21.3. The number of fused-ring (bicyclic) bond motifs is 1. The summed E-state index contributed by atoms with van der Waals surface area (Å²) in [5.74, 6) is 1.34. The highest BCUT2D eigenvalue weighted by Crippen LogP contribution is 2.39. The molecular formula is C23H23Cl2NO3. The smallest absolute Gasteiger partial charge is 0.248 e. The summed E-state index contributed by atoms with van der Waals surface area (Å²) < 4.78 is 11.8. The molecule has 152 valence electrons. The monoisotopic (exact) mass is 431 g/mol. The topological polar surface area (TPSA) is 51.5 Å². The van der Waals surface area contributed by atoms with Gasteiger partial charge in [-0.05, 0) is 70.0 Å². The molecule has 0 fully saturated rings. The van der Waals surface area contributed by atoms with Gasteiger partial charge in [0.05, 0.1) is 16.7 Å². The normalized spacial score (nSPS) is 11.8. The van der Waals surface area contributed by atoms with E-state index in [-0.39, 0.29) is 5.91 Å². The number of hydrogen-bond acceptors (Lipinski definition) is 3. The molecule has 6 heteroatoms. The molecule has 4 nitrogen and oxygen atoms in total. The van der Waals surface area contributed by atoms with Crippen LogP contribution in [0, 0.1) is 20.8 Å². The molecule has 0 aliphatic carbocycles. The fourth-order valence-electron chi connectivity index (χ4n) is 3.26. The van der Waals surface area contributed by atoms with Crippen molar-refractivity contribution in [1.82, 2.24) is 0 Å². The zero-order valence-electron chi connectivity index (χ0n) is 17.1. The number of aryl methyl sites for hydroxylation is 3. The van der Waals surface area contributed by atoms with Crippen LogP contribution >= 0.6 is 23.2 Å². The number of amides is 1. The lowest BCUT2D eigenvalue weighted by Gasteiger charge is -2.14. The number of nitrogens with one attached hydrogen (secondary N) is 1. The Morgan fingerprint density at radius 2 is 1.86 bits per heavy atom. The average molecular weight is 432 g/mol. The molecule has 0 aliphatic heterocycles. The van der Waals surface area contributed by atoms with Crippen molar-refractivity contribution in [2.24, 2.45) is 0 Å². The Labute approximate surface area is 180 Å². The van der Waals surface area contributed by atoms with E-state index in [1.807, 2.05) is 40.7 Å². The second kappa shape index (κ2) is 8.52. The average Bonchev–Trinajstić information content (AvgIpc) is 2.95. The Morgan fingerprint density at radius 3 is 2.52 bits per heavy atom. The number of hydrogen-bond donors (Lipinski definition) is 1. The fraction of sp³-hybridized carbons (Fsp3) is 0.261. The minimum absolute atomic E-state index is 0.263. The predicted octanol–water partition coefficient (Wildman–Crippen LogP) is 7.11. The van der Waals surface area contributed by atoms with Crippen LogP contribution in [-0.2, 0) is 4.79 Å². The van der Waals surface area contributed by atoms with Gasteiger partial charge in [0.15, 0.2) is 0 Å². The van der Waals surface area contributed by atoms with Gasteiger partial charge in [0, 0.05) is 28.3 Å². The lowest BCUT2D eigenvalue weighted by Crippen LogP contribution is -2.09. The van der Waals surface area contributed by atoms with Gasteiger partial charge >= 0.3 is 0 Å². The Morgan fingerprint density at radius 1 is 1.14 bits per heavy atom. The molecule has 1 heterocycles. The lowest BCUT2D eigenvalue weighted by atomic mass is 9.98. The van der Waals surface area contributed by atoms with E-state index < -0.39 is 0 Å². The van der Waals surface area contributed by atoms with Crippen LogP contribution in [0.2, 0.25) is 10.0 Å². The Hall–Kier alpha value is -2.43. The first-order valence-corrected chi connectivity index (χ1v) is 10.1. The summed E-state index contributed by atoms with van der Waals surface area (Å²) in [5, 5.41) is 4.66. The first-order valence-electron chi connectivity index (χ1n) is 9.33. The largest absolute Gasteiger partial charge is 0.493 e. The van der Waals surface area contributed by atoms with Crippen molar-refractivity contribution in [2.45, 2.75) is 34.6 Å². The molecule has 29 heavy (non-hydrogen) atoms. The van der Waals surface area contributed by atoms with E-state index in [9.17, 15) is 4.79 Å². The van der Waals surface area contributed by atoms with Crippen molar-refractivity contribution >= 4 is 51.3 Å². The molecule has 0 bridgehead atoms. The van der Waals surface area contributed by atoms with Gasteiger partial charge in [0.1, 0.15) is 17.1 Å². The van der Waals surface area contributed by atoms with Crippen LogP contribution in [0.15, 0.2) is 34.8 Å². The number of ether oxygens (including phenoxy) is 1. The van der Waals surface area contributed by atoms with Crippen molar-refractivity contribution in [2.75, 3.05) is 11.9 Å². The van der Waals surface area contributed by atoms with E-state index in [1.165, 1.54) is 0 Å². The number of carbonyl (C=O) groups excluding carboxylic acids is 1. The predicted molar refractivity (Wildman–Crippen MR) is 120 cm³/mol. The maximum absolute atomic E-state index is 12.6. The van der Waals surface area contributed by atoms with Gasteiger partial charge in [-0.3, -0.25) is 4.79 Å². The van der Waals surface area contributed by atoms with E-state index in [0.717, 1.165) is 44.7 Å². The van der Waals surface area contributed by atoms with Gasteiger partial charge in [-0.15, -0.1) is 0 Å². The van der Waals surface area contributed by atoms with Gasteiger partial charge in [-0.2, -0.15) is 0 Å². The van der Waals surface area contributed by atoms with Crippen LogP contribution in [0.25, 0.3) is 16.5 Å². The van der Waals surface area contributed by atoms with Crippen LogP contribution in [0.4, 0.5) is 5.69 Å². The van der Waals surface area contributed by atoms with E-state index in [2.05, 4.69) is 5.32 Å². The summed E-state index contributed by atoms with van der Waals surface area (Å²) in [6.07, 6.45) is 1.55. The zero-order valence-corrected chi connectivity index (χ0v) is 18.6. The Bertz CT molecular complexity index is 1130. The van der Waals surface area contributed by atoms with Crippen molar-refractivity contribution in [3.05, 3.63) is 62.8 Å². The van der Waals surface area contributed by atoms with E-state index in [1.54, 1.807) is 24.3 Å². The Kier molecular flexibility index (Phi) is 6.25. The quantitative estimate of drug-likeness (QED) is 0.437. The van der Waals surface area contributed by atoms with Gasteiger partial charge in [-0.25, -0.2) is 0 Å². The minimum atomic E-state index is -0.263. The van der Waals surface area contributed by atoms with Crippen LogP contribution in [0.3, 0.4) is 0 Å². The second-order valence-corrected chi connectivity index (χ2v) is 7.73. The summed E-state index contributed by atoms with van der Waals surface area (Å²) in [6, 6.07) is 6.99. The first-order chi connectivity index (χ1) is 13.7. The van der Waals surface area contributed by atoms with Gasteiger partial charge < -0.3 is 14.5 Å². The molecule has 0 spiro atoms. The van der Waals surface area contributed by atoms with Crippen molar-refractivity contribution < 1.29 is 13.9 Å². The third-order valence-electron chi connectivity index (χ3n) is 4.89. The van der Waals surface area contributed by atoms with Crippen LogP contribution < -0.4 is 10.1 Å². The molecule has 0 aliphatic rings. The lowest BCUT2D eigenvalue weighted by molar-refractivity contribution is -0.111. The van der Waals surface area contributed by atoms with Gasteiger partial charge in [0.25, 0.3) is 0 Å². The number of rotatable bonds is 5. The second-order valence-electron chi connectivity index (χ2n) is 6.92. The van der Waals surface area contributed by atoms with Crippen molar-refractivity contribution in [3.8, 4) is 5.75 Å². The zero-order chi connectivity index (χ0) is 21.3. The molecule has 0 atom stereocenters. The Balaban J connectivity index is 2.00. The summed E-state index contributed by atoms with van der Waals surface area (Å²) in [4.78, 5) is 12.6. The molecule has 0 saturated carbocycles. The van der Waals surface area contributed by atoms with E-state index >= 15 is 0 Å². The number of allylic oxidation sites excluding steroid dienone is 1. The number of benzene rings is 2. The van der Waals surface area contributed by atoms with Gasteiger partial charge in [-0.1, -0.05) is 23.2 Å².